The lowest BCUT2D eigenvalue weighted by molar-refractivity contribution is 0.0947. The van der Waals surface area contributed by atoms with E-state index in [1.807, 2.05) is 31.0 Å². The molecule has 0 spiro atoms. The summed E-state index contributed by atoms with van der Waals surface area (Å²) in [6.45, 7) is 5.09. The first-order chi connectivity index (χ1) is 10.6. The van der Waals surface area contributed by atoms with Crippen LogP contribution in [0.1, 0.15) is 35.2 Å². The Hall–Kier alpha value is -2.63. The van der Waals surface area contributed by atoms with Crippen LogP contribution < -0.4 is 10.3 Å². The molecule has 22 heavy (non-hydrogen) atoms. The first-order valence-electron chi connectivity index (χ1n) is 7.24. The Bertz CT molecular complexity index is 703. The van der Waals surface area contributed by atoms with E-state index in [9.17, 15) is 4.79 Å². The molecule has 1 N–H and O–H groups in total. The second-order valence-electron chi connectivity index (χ2n) is 5.37. The Kier molecular flexibility index (Phi) is 3.91. The fourth-order valence-corrected chi connectivity index (χ4v) is 2.31. The minimum atomic E-state index is -0.137. The smallest absolute Gasteiger partial charge is 0.251 e. The highest BCUT2D eigenvalue weighted by Crippen LogP contribution is 2.19. The van der Waals surface area contributed by atoms with Gasteiger partial charge in [0.05, 0.1) is 17.9 Å². The Morgan fingerprint density at radius 1 is 1.32 bits per heavy atom. The average Bonchev–Trinajstić information content (AvgIpc) is 3.13. The monoisotopic (exact) mass is 298 g/mol. The fraction of sp³-hybridized carbons (Fsp3) is 0.312. The molecule has 1 amide bonds. The molecule has 6 heteroatoms. The van der Waals surface area contributed by atoms with Gasteiger partial charge in [0.1, 0.15) is 0 Å². The molecule has 0 atom stereocenters. The molecule has 2 aromatic rings. The van der Waals surface area contributed by atoms with Gasteiger partial charge in [-0.05, 0) is 38.1 Å². The summed E-state index contributed by atoms with van der Waals surface area (Å²) in [4.78, 5) is 12.1. The molecule has 2 heterocycles. The molecular formula is C16H18N4O2. The van der Waals surface area contributed by atoms with E-state index in [0.29, 0.717) is 17.9 Å². The standard InChI is InChI=1S/C16H18N4O2/c1-11-7-8-20(18-11)14-5-3-13(4-6-14)16(21)17-10-15-9-12(2)19-22-15/h3-6,9H,7-8,10H2,1-2H3,(H,17,21). The van der Waals surface area contributed by atoms with Crippen molar-refractivity contribution in [2.75, 3.05) is 11.6 Å². The molecule has 6 nitrogen and oxygen atoms in total. The maximum atomic E-state index is 12.1. The number of carbonyl (C=O) groups is 1. The Morgan fingerprint density at radius 3 is 2.68 bits per heavy atom. The van der Waals surface area contributed by atoms with Gasteiger partial charge >= 0.3 is 0 Å². The molecule has 0 saturated heterocycles. The molecule has 0 aliphatic carbocycles. The van der Waals surface area contributed by atoms with Gasteiger partial charge in [-0.2, -0.15) is 5.10 Å². The van der Waals surface area contributed by atoms with Crippen LogP contribution in [0.2, 0.25) is 0 Å². The van der Waals surface area contributed by atoms with Gasteiger partial charge in [-0.1, -0.05) is 5.16 Å². The lowest BCUT2D eigenvalue weighted by Gasteiger charge is -2.13. The van der Waals surface area contributed by atoms with Crippen molar-refractivity contribution in [3.05, 3.63) is 47.3 Å². The number of nitrogens with zero attached hydrogens (tertiary/aromatic N) is 3. The van der Waals surface area contributed by atoms with E-state index in [4.69, 9.17) is 4.52 Å². The molecule has 0 radical (unpaired) electrons. The third-order valence-electron chi connectivity index (χ3n) is 3.50. The van der Waals surface area contributed by atoms with Crippen molar-refractivity contribution in [2.24, 2.45) is 5.10 Å². The normalized spacial score (nSPS) is 14.1. The van der Waals surface area contributed by atoms with Crippen molar-refractivity contribution < 1.29 is 9.32 Å². The topological polar surface area (TPSA) is 70.7 Å². The van der Waals surface area contributed by atoms with Crippen molar-refractivity contribution in [1.29, 1.82) is 0 Å². The van der Waals surface area contributed by atoms with Gasteiger partial charge in [0, 0.05) is 30.3 Å². The quantitative estimate of drug-likeness (QED) is 0.941. The maximum absolute atomic E-state index is 12.1. The third kappa shape index (κ3) is 3.16. The van der Waals surface area contributed by atoms with E-state index < -0.39 is 0 Å². The highest BCUT2D eigenvalue weighted by Gasteiger charge is 2.13. The summed E-state index contributed by atoms with van der Waals surface area (Å²) in [5.74, 6) is 0.506. The van der Waals surface area contributed by atoms with Crippen LogP contribution >= 0.6 is 0 Å². The summed E-state index contributed by atoms with van der Waals surface area (Å²) >= 11 is 0. The van der Waals surface area contributed by atoms with E-state index in [0.717, 1.165) is 30.1 Å². The van der Waals surface area contributed by atoms with Crippen LogP contribution in [-0.4, -0.2) is 23.3 Å². The number of amides is 1. The third-order valence-corrected chi connectivity index (χ3v) is 3.50. The summed E-state index contributed by atoms with van der Waals surface area (Å²) in [6, 6.07) is 9.24. The molecule has 0 fully saturated rings. The fourth-order valence-electron chi connectivity index (χ4n) is 2.31. The predicted octanol–water partition coefficient (Wildman–Crippen LogP) is 2.50. The van der Waals surface area contributed by atoms with E-state index in [-0.39, 0.29) is 5.91 Å². The number of rotatable bonds is 4. The van der Waals surface area contributed by atoms with Crippen LogP contribution in [0.25, 0.3) is 0 Å². The lowest BCUT2D eigenvalue weighted by Crippen LogP contribution is -2.22. The highest BCUT2D eigenvalue weighted by molar-refractivity contribution is 5.94. The Balaban J connectivity index is 1.61. The van der Waals surface area contributed by atoms with Crippen LogP contribution in [0.4, 0.5) is 5.69 Å². The summed E-state index contributed by atoms with van der Waals surface area (Å²) in [7, 11) is 0. The van der Waals surface area contributed by atoms with Gasteiger partial charge in [-0.3, -0.25) is 9.80 Å². The molecule has 1 aromatic heterocycles. The molecule has 3 rings (SSSR count). The van der Waals surface area contributed by atoms with Gasteiger partial charge in [0.2, 0.25) is 0 Å². The highest BCUT2D eigenvalue weighted by atomic mass is 16.5. The average molecular weight is 298 g/mol. The van der Waals surface area contributed by atoms with Gasteiger partial charge in [0.25, 0.3) is 5.91 Å². The maximum Gasteiger partial charge on any atom is 0.251 e. The number of nitrogens with one attached hydrogen (secondary N) is 1. The molecule has 0 bridgehead atoms. The number of hydrogen-bond acceptors (Lipinski definition) is 5. The van der Waals surface area contributed by atoms with Gasteiger partial charge < -0.3 is 9.84 Å². The number of carbonyl (C=O) groups excluding carboxylic acids is 1. The van der Waals surface area contributed by atoms with Crippen LogP contribution in [0.5, 0.6) is 0 Å². The molecular weight excluding hydrogens is 280 g/mol. The second-order valence-corrected chi connectivity index (χ2v) is 5.37. The van der Waals surface area contributed by atoms with Crippen molar-refractivity contribution >= 4 is 17.3 Å². The Labute approximate surface area is 128 Å². The summed E-state index contributed by atoms with van der Waals surface area (Å²) in [6.07, 6.45) is 0.985. The lowest BCUT2D eigenvalue weighted by atomic mass is 10.2. The first kappa shape index (κ1) is 14.3. The molecule has 1 aromatic carbocycles. The summed E-state index contributed by atoms with van der Waals surface area (Å²) in [5, 5.41) is 13.0. The van der Waals surface area contributed by atoms with Crippen LogP contribution in [0, 0.1) is 6.92 Å². The minimum Gasteiger partial charge on any atom is -0.359 e. The SMILES string of the molecule is CC1=NN(c2ccc(C(=O)NCc3cc(C)no3)cc2)CC1. The van der Waals surface area contributed by atoms with Gasteiger partial charge in [-0.15, -0.1) is 0 Å². The van der Waals surface area contributed by atoms with Gasteiger partial charge in [0.15, 0.2) is 5.76 Å². The van der Waals surface area contributed by atoms with Crippen LogP contribution in [0.15, 0.2) is 40.0 Å². The zero-order chi connectivity index (χ0) is 15.5. The minimum absolute atomic E-state index is 0.137. The van der Waals surface area contributed by atoms with Crippen LogP contribution in [-0.2, 0) is 6.54 Å². The number of hydrazone groups is 1. The zero-order valence-electron chi connectivity index (χ0n) is 12.7. The van der Waals surface area contributed by atoms with Gasteiger partial charge in [-0.25, -0.2) is 0 Å². The number of benzene rings is 1. The number of aromatic nitrogens is 1. The van der Waals surface area contributed by atoms with Crippen molar-refractivity contribution in [3.63, 3.8) is 0 Å². The number of hydrogen-bond donors (Lipinski definition) is 1. The van der Waals surface area contributed by atoms with E-state index in [1.54, 1.807) is 18.2 Å². The zero-order valence-corrected chi connectivity index (χ0v) is 12.7. The predicted molar refractivity (Wildman–Crippen MR) is 83.9 cm³/mol. The Morgan fingerprint density at radius 2 is 2.09 bits per heavy atom. The van der Waals surface area contributed by atoms with Crippen molar-refractivity contribution in [3.8, 4) is 0 Å². The second kappa shape index (κ2) is 6.01. The molecule has 0 saturated carbocycles. The molecule has 1 aliphatic heterocycles. The molecule has 0 unspecified atom stereocenters. The summed E-state index contributed by atoms with van der Waals surface area (Å²) in [5.41, 5.74) is 3.54. The van der Waals surface area contributed by atoms with E-state index >= 15 is 0 Å². The molecule has 114 valence electrons. The van der Waals surface area contributed by atoms with E-state index in [1.165, 1.54) is 0 Å². The van der Waals surface area contributed by atoms with Crippen molar-refractivity contribution in [2.45, 2.75) is 26.8 Å². The largest absolute Gasteiger partial charge is 0.359 e. The number of aryl methyl sites for hydroxylation is 1. The summed E-state index contributed by atoms with van der Waals surface area (Å²) < 4.78 is 5.06. The van der Waals surface area contributed by atoms with Crippen LogP contribution in [0.3, 0.4) is 0 Å². The first-order valence-corrected chi connectivity index (χ1v) is 7.24. The molecule has 1 aliphatic rings. The number of anilines is 1. The van der Waals surface area contributed by atoms with Crippen molar-refractivity contribution in [1.82, 2.24) is 10.5 Å². The van der Waals surface area contributed by atoms with E-state index in [2.05, 4.69) is 15.6 Å².